The Labute approximate surface area is 221 Å². The molecule has 186 valence electrons. The predicted octanol–water partition coefficient (Wildman–Crippen LogP) is 6.20. The van der Waals surface area contributed by atoms with Crippen molar-refractivity contribution in [2.75, 3.05) is 12.4 Å². The molecule has 0 aliphatic rings. The van der Waals surface area contributed by atoms with Crippen LogP contribution in [0.1, 0.15) is 17.3 Å². The molecule has 8 nitrogen and oxygen atoms in total. The van der Waals surface area contributed by atoms with Crippen LogP contribution in [-0.2, 0) is 9.53 Å². The maximum absolute atomic E-state index is 12.8. The van der Waals surface area contributed by atoms with Gasteiger partial charge in [-0.2, -0.15) is 0 Å². The minimum Gasteiger partial charge on any atom is -0.497 e. The summed E-state index contributed by atoms with van der Waals surface area (Å²) in [5.74, 6) is 0.299. The number of halogens is 1. The molecule has 37 heavy (non-hydrogen) atoms. The maximum Gasteiger partial charge on any atom is 0.338 e. The second-order valence-electron chi connectivity index (χ2n) is 8.10. The van der Waals surface area contributed by atoms with Crippen LogP contribution in [0.25, 0.3) is 33.7 Å². The number of hydrogen-bond acceptors (Lipinski definition) is 7. The number of rotatable bonds is 7. The molecule has 0 aliphatic carbocycles. The third-order valence-electron chi connectivity index (χ3n) is 5.62. The molecule has 0 radical (unpaired) electrons. The number of aromatic amines is 1. The van der Waals surface area contributed by atoms with Crippen molar-refractivity contribution in [3.8, 4) is 28.4 Å². The fourth-order valence-electron chi connectivity index (χ4n) is 3.64. The molecule has 0 fully saturated rings. The van der Waals surface area contributed by atoms with Crippen LogP contribution < -0.4 is 10.1 Å². The van der Waals surface area contributed by atoms with Crippen LogP contribution in [0.5, 0.6) is 5.75 Å². The topological polar surface area (TPSA) is 106 Å². The number of esters is 1. The molecule has 2 N–H and O–H groups in total. The number of H-pyrrole nitrogens is 1. The van der Waals surface area contributed by atoms with Gasteiger partial charge in [0.2, 0.25) is 0 Å². The SMILES string of the molecule is COc1ccc(-c2nc3ccc(C(=O)OC(C)C(=O)Nc4nc(-c5ccccc5Cl)cs4)cc3[nH]2)cc1. The quantitative estimate of drug-likeness (QED) is 0.242. The van der Waals surface area contributed by atoms with E-state index in [1.54, 1.807) is 36.8 Å². The van der Waals surface area contributed by atoms with Gasteiger partial charge in [-0.3, -0.25) is 10.1 Å². The zero-order valence-electron chi connectivity index (χ0n) is 19.8. The van der Waals surface area contributed by atoms with E-state index >= 15 is 0 Å². The predicted molar refractivity (Wildman–Crippen MR) is 144 cm³/mol. The monoisotopic (exact) mass is 532 g/mol. The molecule has 3 aromatic carbocycles. The van der Waals surface area contributed by atoms with Crippen LogP contribution in [0.3, 0.4) is 0 Å². The van der Waals surface area contributed by atoms with Crippen molar-refractivity contribution in [3.63, 3.8) is 0 Å². The van der Waals surface area contributed by atoms with E-state index in [1.807, 2.05) is 42.5 Å². The number of benzene rings is 3. The fourth-order valence-corrected chi connectivity index (χ4v) is 4.58. The Balaban J connectivity index is 1.24. The molecule has 1 unspecified atom stereocenters. The molecule has 5 aromatic rings. The molecule has 5 rings (SSSR count). The molecule has 1 amide bonds. The van der Waals surface area contributed by atoms with E-state index in [0.29, 0.717) is 38.3 Å². The van der Waals surface area contributed by atoms with E-state index in [9.17, 15) is 9.59 Å². The van der Waals surface area contributed by atoms with E-state index in [0.717, 1.165) is 16.9 Å². The van der Waals surface area contributed by atoms with Crippen molar-refractivity contribution in [2.24, 2.45) is 0 Å². The van der Waals surface area contributed by atoms with Crippen LogP contribution in [0, 0.1) is 0 Å². The molecular formula is C27H21ClN4O4S. The number of carbonyl (C=O) groups excluding carboxylic acids is 2. The first-order valence-electron chi connectivity index (χ1n) is 11.3. The first-order valence-corrected chi connectivity index (χ1v) is 12.5. The third kappa shape index (κ3) is 5.32. The van der Waals surface area contributed by atoms with Crippen molar-refractivity contribution in [3.05, 3.63) is 82.7 Å². The Bertz CT molecular complexity index is 1600. The summed E-state index contributed by atoms with van der Waals surface area (Å²) in [5.41, 5.74) is 3.97. The Hall–Kier alpha value is -4.21. The largest absolute Gasteiger partial charge is 0.497 e. The van der Waals surface area contributed by atoms with Crippen LogP contribution in [0.2, 0.25) is 5.02 Å². The summed E-state index contributed by atoms with van der Waals surface area (Å²) in [7, 11) is 1.61. The number of thiazole rings is 1. The molecule has 0 saturated carbocycles. The summed E-state index contributed by atoms with van der Waals surface area (Å²) in [6, 6.07) is 19.8. The molecule has 2 aromatic heterocycles. The Morgan fingerprint density at radius 2 is 1.84 bits per heavy atom. The van der Waals surface area contributed by atoms with Gasteiger partial charge in [-0.05, 0) is 55.5 Å². The molecular weight excluding hydrogens is 512 g/mol. The van der Waals surface area contributed by atoms with Gasteiger partial charge in [0.1, 0.15) is 11.6 Å². The number of amides is 1. The average molecular weight is 533 g/mol. The average Bonchev–Trinajstić information content (AvgIpc) is 3.55. The summed E-state index contributed by atoms with van der Waals surface area (Å²) in [4.78, 5) is 37.6. The lowest BCUT2D eigenvalue weighted by Crippen LogP contribution is -2.29. The van der Waals surface area contributed by atoms with Crippen LogP contribution in [0.15, 0.2) is 72.1 Å². The Morgan fingerprint density at radius 3 is 2.59 bits per heavy atom. The van der Waals surface area contributed by atoms with E-state index in [4.69, 9.17) is 21.1 Å². The molecule has 1 atom stereocenters. The normalized spacial score (nSPS) is 11.8. The number of nitrogens with one attached hydrogen (secondary N) is 2. The smallest absolute Gasteiger partial charge is 0.338 e. The highest BCUT2D eigenvalue weighted by Gasteiger charge is 2.21. The number of anilines is 1. The van der Waals surface area contributed by atoms with Gasteiger partial charge in [0.15, 0.2) is 11.2 Å². The highest BCUT2D eigenvalue weighted by molar-refractivity contribution is 7.14. The van der Waals surface area contributed by atoms with Crippen molar-refractivity contribution >= 4 is 51.0 Å². The number of carbonyl (C=O) groups is 2. The van der Waals surface area contributed by atoms with Crippen molar-refractivity contribution in [2.45, 2.75) is 13.0 Å². The Morgan fingerprint density at radius 1 is 1.05 bits per heavy atom. The summed E-state index contributed by atoms with van der Waals surface area (Å²) >= 11 is 7.49. The standard InChI is InChI=1S/C27H21ClN4O4S/c1-15(25(33)32-27-31-23(14-37-27)19-5-3-4-6-20(19)28)36-26(34)17-9-12-21-22(13-17)30-24(29-21)16-7-10-18(35-2)11-8-16/h3-15H,1-2H3,(H,29,30)(H,31,32,33). The van der Waals surface area contributed by atoms with Crippen LogP contribution in [-0.4, -0.2) is 40.0 Å². The van der Waals surface area contributed by atoms with Crippen LogP contribution in [0.4, 0.5) is 5.13 Å². The summed E-state index contributed by atoms with van der Waals surface area (Å²) in [6.07, 6.45) is -1.03. The highest BCUT2D eigenvalue weighted by atomic mass is 35.5. The first kappa shape index (κ1) is 24.5. The van der Waals surface area contributed by atoms with Gasteiger partial charge in [0.25, 0.3) is 5.91 Å². The highest BCUT2D eigenvalue weighted by Crippen LogP contribution is 2.30. The summed E-state index contributed by atoms with van der Waals surface area (Å²) < 4.78 is 10.6. The van der Waals surface area contributed by atoms with E-state index < -0.39 is 18.0 Å². The lowest BCUT2D eigenvalue weighted by atomic mass is 10.2. The van der Waals surface area contributed by atoms with E-state index in [2.05, 4.69) is 20.3 Å². The molecule has 10 heteroatoms. The van der Waals surface area contributed by atoms with Gasteiger partial charge in [-0.15, -0.1) is 11.3 Å². The molecule has 0 spiro atoms. The number of ether oxygens (including phenoxy) is 2. The molecule has 0 saturated heterocycles. The van der Waals surface area contributed by atoms with Gasteiger partial charge in [-0.1, -0.05) is 29.8 Å². The third-order valence-corrected chi connectivity index (χ3v) is 6.71. The molecule has 0 bridgehead atoms. The number of fused-ring (bicyclic) bond motifs is 1. The number of nitrogens with zero attached hydrogens (tertiary/aromatic N) is 2. The van der Waals surface area contributed by atoms with Crippen molar-refractivity contribution < 1.29 is 19.1 Å². The van der Waals surface area contributed by atoms with Gasteiger partial charge < -0.3 is 14.5 Å². The van der Waals surface area contributed by atoms with Gasteiger partial charge in [-0.25, -0.2) is 14.8 Å². The Kier molecular flexibility index (Phi) is 6.89. The first-order chi connectivity index (χ1) is 17.9. The number of hydrogen-bond donors (Lipinski definition) is 2. The minimum absolute atomic E-state index is 0.298. The lowest BCUT2D eigenvalue weighted by Gasteiger charge is -2.12. The van der Waals surface area contributed by atoms with Crippen molar-refractivity contribution in [1.82, 2.24) is 15.0 Å². The number of aromatic nitrogens is 3. The number of methoxy groups -OCH3 is 1. The van der Waals surface area contributed by atoms with Crippen molar-refractivity contribution in [1.29, 1.82) is 0 Å². The zero-order chi connectivity index (χ0) is 25.9. The van der Waals surface area contributed by atoms with E-state index in [-0.39, 0.29) is 0 Å². The van der Waals surface area contributed by atoms with E-state index in [1.165, 1.54) is 18.3 Å². The van der Waals surface area contributed by atoms with Gasteiger partial charge in [0, 0.05) is 21.5 Å². The maximum atomic E-state index is 12.8. The number of imidazole rings is 1. The minimum atomic E-state index is -1.03. The van der Waals surface area contributed by atoms with Crippen LogP contribution >= 0.6 is 22.9 Å². The lowest BCUT2D eigenvalue weighted by molar-refractivity contribution is -0.123. The van der Waals surface area contributed by atoms with Gasteiger partial charge in [0.05, 0.1) is 29.4 Å². The second-order valence-corrected chi connectivity index (χ2v) is 9.37. The summed E-state index contributed by atoms with van der Waals surface area (Å²) in [6.45, 7) is 1.51. The van der Waals surface area contributed by atoms with Gasteiger partial charge >= 0.3 is 5.97 Å². The fraction of sp³-hybridized carbons (Fsp3) is 0.111. The second kappa shape index (κ2) is 10.4. The molecule has 2 heterocycles. The zero-order valence-corrected chi connectivity index (χ0v) is 21.4. The molecule has 0 aliphatic heterocycles. The summed E-state index contributed by atoms with van der Waals surface area (Å²) in [5, 5.41) is 5.44.